The maximum Gasteiger partial charge on any atom is 0.326 e. The number of carboxylic acids is 2. The Kier molecular flexibility index (Phi) is 5.31. The zero-order chi connectivity index (χ0) is 15.3. The molecule has 0 saturated heterocycles. The van der Waals surface area contributed by atoms with Gasteiger partial charge in [-0.15, -0.1) is 0 Å². The van der Waals surface area contributed by atoms with E-state index in [0.29, 0.717) is 5.69 Å². The van der Waals surface area contributed by atoms with Crippen LogP contribution in [0.3, 0.4) is 0 Å². The van der Waals surface area contributed by atoms with E-state index in [1.807, 2.05) is 19.0 Å². The summed E-state index contributed by atoms with van der Waals surface area (Å²) in [6.45, 7) is 1.63. The molecule has 0 fully saturated rings. The molecule has 7 nitrogen and oxygen atoms in total. The Morgan fingerprint density at radius 1 is 1.30 bits per heavy atom. The van der Waals surface area contributed by atoms with E-state index in [1.54, 1.807) is 18.3 Å². The molecule has 0 saturated carbocycles. The predicted octanol–water partition coefficient (Wildman–Crippen LogP) is 0.902. The van der Waals surface area contributed by atoms with Gasteiger partial charge in [0.1, 0.15) is 11.9 Å². The smallest absolute Gasteiger partial charge is 0.326 e. The summed E-state index contributed by atoms with van der Waals surface area (Å²) in [4.78, 5) is 29.3. The van der Waals surface area contributed by atoms with Crippen molar-refractivity contribution in [3.63, 3.8) is 0 Å². The van der Waals surface area contributed by atoms with Crippen LogP contribution in [-0.4, -0.2) is 53.8 Å². The molecule has 0 radical (unpaired) electrons. The van der Waals surface area contributed by atoms with E-state index in [2.05, 4.69) is 4.98 Å². The molecule has 0 aliphatic carbocycles. The molecule has 7 heteroatoms. The standard InChI is InChI=1S/C13H19N3O4/c1-9(13(19)20)16(7-6-12(17)18)10-4-5-11(14-8-10)15(2)3/h4-5,8-9H,6-7H2,1-3H3,(H,17,18)(H,19,20). The van der Waals surface area contributed by atoms with Crippen LogP contribution in [0.4, 0.5) is 11.5 Å². The van der Waals surface area contributed by atoms with Crippen molar-refractivity contribution in [2.45, 2.75) is 19.4 Å². The second kappa shape index (κ2) is 6.74. The lowest BCUT2D eigenvalue weighted by Crippen LogP contribution is -2.40. The van der Waals surface area contributed by atoms with Crippen molar-refractivity contribution in [3.05, 3.63) is 18.3 Å². The average molecular weight is 281 g/mol. The zero-order valence-electron chi connectivity index (χ0n) is 11.8. The largest absolute Gasteiger partial charge is 0.481 e. The first-order valence-electron chi connectivity index (χ1n) is 6.17. The van der Waals surface area contributed by atoms with Crippen LogP contribution in [-0.2, 0) is 9.59 Å². The van der Waals surface area contributed by atoms with E-state index in [-0.39, 0.29) is 13.0 Å². The van der Waals surface area contributed by atoms with E-state index in [4.69, 9.17) is 10.2 Å². The van der Waals surface area contributed by atoms with Gasteiger partial charge in [0.15, 0.2) is 0 Å². The van der Waals surface area contributed by atoms with Crippen LogP contribution in [0, 0.1) is 0 Å². The Labute approximate surface area is 117 Å². The summed E-state index contributed by atoms with van der Waals surface area (Å²) in [5, 5.41) is 17.9. The molecule has 110 valence electrons. The van der Waals surface area contributed by atoms with Gasteiger partial charge in [0, 0.05) is 20.6 Å². The first kappa shape index (κ1) is 15.7. The third kappa shape index (κ3) is 4.11. The molecule has 1 heterocycles. The first-order chi connectivity index (χ1) is 9.32. The minimum Gasteiger partial charge on any atom is -0.481 e. The van der Waals surface area contributed by atoms with Gasteiger partial charge in [0.25, 0.3) is 0 Å². The molecule has 1 aromatic heterocycles. The normalized spacial score (nSPS) is 11.8. The highest BCUT2D eigenvalue weighted by Crippen LogP contribution is 2.19. The Balaban J connectivity index is 2.96. The molecule has 0 amide bonds. The van der Waals surface area contributed by atoms with Crippen LogP contribution in [0.1, 0.15) is 13.3 Å². The van der Waals surface area contributed by atoms with Gasteiger partial charge < -0.3 is 20.0 Å². The highest BCUT2D eigenvalue weighted by Gasteiger charge is 2.22. The fraction of sp³-hybridized carbons (Fsp3) is 0.462. The van der Waals surface area contributed by atoms with Crippen molar-refractivity contribution in [3.8, 4) is 0 Å². The lowest BCUT2D eigenvalue weighted by atomic mass is 10.2. The van der Waals surface area contributed by atoms with Crippen molar-refractivity contribution < 1.29 is 19.8 Å². The number of aromatic nitrogens is 1. The second-order valence-corrected chi connectivity index (χ2v) is 4.62. The number of carboxylic acid groups (broad SMARTS) is 2. The number of pyridine rings is 1. The molecule has 0 aliphatic heterocycles. The number of nitrogens with zero attached hydrogens (tertiary/aromatic N) is 3. The number of hydrogen-bond acceptors (Lipinski definition) is 5. The van der Waals surface area contributed by atoms with Gasteiger partial charge in [-0.05, 0) is 19.1 Å². The molecule has 2 N–H and O–H groups in total. The van der Waals surface area contributed by atoms with E-state index in [1.165, 1.54) is 11.8 Å². The molecule has 1 atom stereocenters. The van der Waals surface area contributed by atoms with E-state index < -0.39 is 18.0 Å². The molecule has 1 unspecified atom stereocenters. The fourth-order valence-electron chi connectivity index (χ4n) is 1.71. The summed E-state index contributed by atoms with van der Waals surface area (Å²) in [5.74, 6) is -1.23. The summed E-state index contributed by atoms with van der Waals surface area (Å²) in [6, 6.07) is 2.68. The third-order valence-electron chi connectivity index (χ3n) is 2.91. The van der Waals surface area contributed by atoms with Gasteiger partial charge >= 0.3 is 11.9 Å². The third-order valence-corrected chi connectivity index (χ3v) is 2.91. The van der Waals surface area contributed by atoms with Gasteiger partial charge in [-0.3, -0.25) is 4.79 Å². The van der Waals surface area contributed by atoms with Crippen molar-refractivity contribution in [2.75, 3.05) is 30.4 Å². The summed E-state index contributed by atoms with van der Waals surface area (Å²) >= 11 is 0. The van der Waals surface area contributed by atoms with Gasteiger partial charge in [-0.2, -0.15) is 0 Å². The topological polar surface area (TPSA) is 94.0 Å². The molecular formula is C13H19N3O4. The summed E-state index contributed by atoms with van der Waals surface area (Å²) in [5.41, 5.74) is 0.590. The van der Waals surface area contributed by atoms with Crippen molar-refractivity contribution in [1.82, 2.24) is 4.98 Å². The van der Waals surface area contributed by atoms with Crippen molar-refractivity contribution >= 4 is 23.4 Å². The number of rotatable bonds is 7. The van der Waals surface area contributed by atoms with Crippen LogP contribution in [0.15, 0.2) is 18.3 Å². The second-order valence-electron chi connectivity index (χ2n) is 4.62. The highest BCUT2D eigenvalue weighted by molar-refractivity contribution is 5.78. The summed E-state index contributed by atoms with van der Waals surface area (Å²) in [7, 11) is 3.70. The number of hydrogen-bond donors (Lipinski definition) is 2. The van der Waals surface area contributed by atoms with E-state index >= 15 is 0 Å². The van der Waals surface area contributed by atoms with Crippen LogP contribution in [0.5, 0.6) is 0 Å². The Morgan fingerprint density at radius 2 is 1.95 bits per heavy atom. The maximum atomic E-state index is 11.1. The minimum atomic E-state index is -1.01. The molecule has 20 heavy (non-hydrogen) atoms. The lowest BCUT2D eigenvalue weighted by Gasteiger charge is -2.28. The molecule has 1 aromatic rings. The van der Waals surface area contributed by atoms with E-state index in [9.17, 15) is 9.59 Å². The monoisotopic (exact) mass is 281 g/mol. The first-order valence-corrected chi connectivity index (χ1v) is 6.17. The molecule has 0 bridgehead atoms. The average Bonchev–Trinajstić information content (AvgIpc) is 2.38. The van der Waals surface area contributed by atoms with Crippen molar-refractivity contribution in [2.24, 2.45) is 0 Å². The van der Waals surface area contributed by atoms with Gasteiger partial charge in [-0.25, -0.2) is 9.78 Å². The van der Waals surface area contributed by atoms with Gasteiger partial charge in [0.05, 0.1) is 18.3 Å². The molecule has 0 aliphatic rings. The summed E-state index contributed by atoms with van der Waals surface area (Å²) < 4.78 is 0. The quantitative estimate of drug-likeness (QED) is 0.766. The molecule has 0 aromatic carbocycles. The molecule has 0 spiro atoms. The Morgan fingerprint density at radius 3 is 2.35 bits per heavy atom. The Hall–Kier alpha value is -2.31. The molecule has 1 rings (SSSR count). The van der Waals surface area contributed by atoms with E-state index in [0.717, 1.165) is 5.82 Å². The maximum absolute atomic E-state index is 11.1. The van der Waals surface area contributed by atoms with Crippen molar-refractivity contribution in [1.29, 1.82) is 0 Å². The van der Waals surface area contributed by atoms with Gasteiger partial charge in [-0.1, -0.05) is 0 Å². The SMILES string of the molecule is CC(C(=O)O)N(CCC(=O)O)c1ccc(N(C)C)nc1. The predicted molar refractivity (Wildman–Crippen MR) is 75.3 cm³/mol. The summed E-state index contributed by atoms with van der Waals surface area (Å²) in [6.07, 6.45) is 1.42. The zero-order valence-corrected chi connectivity index (χ0v) is 11.8. The van der Waals surface area contributed by atoms with Crippen LogP contribution < -0.4 is 9.80 Å². The highest BCUT2D eigenvalue weighted by atomic mass is 16.4. The lowest BCUT2D eigenvalue weighted by molar-refractivity contribution is -0.139. The fourth-order valence-corrected chi connectivity index (χ4v) is 1.71. The number of anilines is 2. The minimum absolute atomic E-state index is 0.117. The Bertz CT molecular complexity index is 473. The van der Waals surface area contributed by atoms with Gasteiger partial charge in [0.2, 0.25) is 0 Å². The van der Waals surface area contributed by atoms with Crippen LogP contribution >= 0.6 is 0 Å². The number of carbonyl (C=O) groups is 2. The molecular weight excluding hydrogens is 262 g/mol. The van der Waals surface area contributed by atoms with Crippen LogP contribution in [0.25, 0.3) is 0 Å². The number of aliphatic carboxylic acids is 2. The van der Waals surface area contributed by atoms with Crippen LogP contribution in [0.2, 0.25) is 0 Å².